The van der Waals surface area contributed by atoms with Gasteiger partial charge in [0, 0.05) is 37.1 Å². The average Bonchev–Trinajstić information content (AvgIpc) is 3.47. The first-order valence-corrected chi connectivity index (χ1v) is 16.0. The summed E-state index contributed by atoms with van der Waals surface area (Å²) in [5.41, 5.74) is 6.09. The Morgan fingerprint density at radius 1 is 1.00 bits per heavy atom. The van der Waals surface area contributed by atoms with Crippen LogP contribution in [-0.4, -0.2) is 59.0 Å². The first-order valence-electron chi connectivity index (χ1n) is 16.0. The summed E-state index contributed by atoms with van der Waals surface area (Å²) in [6.07, 6.45) is 3.86. The highest BCUT2D eigenvalue weighted by molar-refractivity contribution is 5.89. The van der Waals surface area contributed by atoms with E-state index in [1.165, 1.54) is 0 Å². The number of rotatable bonds is 13. The number of hydrogen-bond acceptors (Lipinski definition) is 8. The fourth-order valence-corrected chi connectivity index (χ4v) is 5.57. The van der Waals surface area contributed by atoms with Gasteiger partial charge in [0.05, 0.1) is 17.2 Å². The molecule has 2 heterocycles. The Morgan fingerprint density at radius 2 is 1.70 bits per heavy atom. The van der Waals surface area contributed by atoms with Crippen LogP contribution in [0.4, 0.5) is 0 Å². The van der Waals surface area contributed by atoms with Gasteiger partial charge in [0.2, 0.25) is 12.2 Å². The van der Waals surface area contributed by atoms with E-state index in [0.717, 1.165) is 27.9 Å². The van der Waals surface area contributed by atoms with Crippen molar-refractivity contribution in [3.63, 3.8) is 0 Å². The molecular formula is C38H42N2O7. The van der Waals surface area contributed by atoms with Crippen LogP contribution < -0.4 is 4.74 Å². The number of ether oxygens (including phenoxy) is 4. The maximum Gasteiger partial charge on any atom is 0.338 e. The van der Waals surface area contributed by atoms with E-state index in [1.807, 2.05) is 24.3 Å². The minimum atomic E-state index is -0.806. The van der Waals surface area contributed by atoms with Crippen molar-refractivity contribution in [3.8, 4) is 5.88 Å². The molecule has 1 aliphatic heterocycles. The monoisotopic (exact) mass is 638 g/mol. The van der Waals surface area contributed by atoms with Crippen molar-refractivity contribution in [3.05, 3.63) is 124 Å². The molecule has 246 valence electrons. The predicted molar refractivity (Wildman–Crippen MR) is 178 cm³/mol. The van der Waals surface area contributed by atoms with Crippen molar-refractivity contribution in [2.45, 2.75) is 70.9 Å². The molecule has 0 amide bonds. The zero-order chi connectivity index (χ0) is 33.2. The van der Waals surface area contributed by atoms with Gasteiger partial charge in [-0.1, -0.05) is 80.6 Å². The number of aliphatic hydroxyl groups is 1. The number of aryl methyl sites for hydroxylation is 1. The highest BCUT2D eigenvalue weighted by atomic mass is 16.7. The van der Waals surface area contributed by atoms with Gasteiger partial charge in [-0.15, -0.1) is 5.10 Å². The number of H-pyrrole nitrogens is 1. The molecule has 0 saturated carbocycles. The van der Waals surface area contributed by atoms with Crippen molar-refractivity contribution in [1.82, 2.24) is 10.2 Å². The molecular weight excluding hydrogens is 596 g/mol. The van der Waals surface area contributed by atoms with Crippen LogP contribution >= 0.6 is 0 Å². The van der Waals surface area contributed by atoms with Crippen LogP contribution in [0.5, 0.6) is 5.88 Å². The van der Waals surface area contributed by atoms with Crippen LogP contribution in [0.1, 0.15) is 87.7 Å². The van der Waals surface area contributed by atoms with Crippen molar-refractivity contribution in [1.29, 1.82) is 0 Å². The van der Waals surface area contributed by atoms with E-state index in [9.17, 15) is 9.59 Å². The maximum atomic E-state index is 13.0. The van der Waals surface area contributed by atoms with Gasteiger partial charge in [0.25, 0.3) is 0 Å². The van der Waals surface area contributed by atoms with Crippen molar-refractivity contribution >= 4 is 18.0 Å². The summed E-state index contributed by atoms with van der Waals surface area (Å²) in [4.78, 5) is 25.7. The number of carbonyl (C=O) groups is 2. The Morgan fingerprint density at radius 3 is 2.36 bits per heavy atom. The Kier molecular flexibility index (Phi) is 11.6. The Labute approximate surface area is 275 Å². The standard InChI is InChI=1S/C38H42N2O7/c1-25(2)35-33(21-30-18-17-27(20-26(30)3)12-10-11-19-41)36(40-39-35)47-34-23-31(46-38(43)29-15-8-5-9-16-29)22-32(45-34)24-44-37(42)28-13-6-4-7-14-28/h4-10,12-18,20,25,31-32,34,41H,11,19,21-24H2,1-3H3,(H,39,40). The zero-order valence-corrected chi connectivity index (χ0v) is 27.1. The molecule has 0 aliphatic carbocycles. The van der Waals surface area contributed by atoms with E-state index in [1.54, 1.807) is 48.5 Å². The highest BCUT2D eigenvalue weighted by Gasteiger charge is 2.35. The summed E-state index contributed by atoms with van der Waals surface area (Å²) in [5, 5.41) is 16.8. The molecule has 4 aromatic rings. The van der Waals surface area contributed by atoms with Gasteiger partial charge < -0.3 is 24.1 Å². The molecule has 1 saturated heterocycles. The fraction of sp³-hybridized carbons (Fsp3) is 0.342. The normalized spacial score (nSPS) is 17.9. The van der Waals surface area contributed by atoms with Gasteiger partial charge >= 0.3 is 11.9 Å². The molecule has 3 unspecified atom stereocenters. The largest absolute Gasteiger partial charge is 0.459 e. The van der Waals surface area contributed by atoms with Gasteiger partial charge in [0.1, 0.15) is 12.7 Å². The van der Waals surface area contributed by atoms with Crippen LogP contribution in [-0.2, 0) is 20.6 Å². The number of carbonyl (C=O) groups excluding carboxylic acids is 2. The van der Waals surface area contributed by atoms with Gasteiger partial charge in [0.15, 0.2) is 0 Å². The SMILES string of the molecule is Cc1cc(C=CCCO)ccc1Cc1c(OC2CC(OC(=O)c3ccccc3)CC(COC(=O)c3ccccc3)O2)n[nH]c1C(C)C. The summed E-state index contributed by atoms with van der Waals surface area (Å²) in [6.45, 7) is 6.35. The van der Waals surface area contributed by atoms with E-state index in [0.29, 0.717) is 36.3 Å². The lowest BCUT2D eigenvalue weighted by Gasteiger charge is -2.34. The second kappa shape index (κ2) is 16.2. The van der Waals surface area contributed by atoms with Crippen LogP contribution in [0.3, 0.4) is 0 Å². The minimum absolute atomic E-state index is 0.0318. The molecule has 9 nitrogen and oxygen atoms in total. The average molecular weight is 639 g/mol. The number of esters is 2. The van der Waals surface area contributed by atoms with E-state index < -0.39 is 30.4 Å². The van der Waals surface area contributed by atoms with Crippen LogP contribution in [0, 0.1) is 6.92 Å². The van der Waals surface area contributed by atoms with Crippen LogP contribution in [0.2, 0.25) is 0 Å². The van der Waals surface area contributed by atoms with Crippen molar-refractivity contribution in [2.24, 2.45) is 0 Å². The van der Waals surface area contributed by atoms with E-state index in [2.05, 4.69) is 49.2 Å². The molecule has 3 aromatic carbocycles. The lowest BCUT2D eigenvalue weighted by atomic mass is 9.95. The molecule has 47 heavy (non-hydrogen) atoms. The third-order valence-corrected chi connectivity index (χ3v) is 8.04. The number of aromatic amines is 1. The first kappa shape index (κ1) is 33.6. The first-order chi connectivity index (χ1) is 22.8. The zero-order valence-electron chi connectivity index (χ0n) is 27.1. The summed E-state index contributed by atoms with van der Waals surface area (Å²) in [5.74, 6) is -0.326. The molecule has 2 N–H and O–H groups in total. The van der Waals surface area contributed by atoms with Gasteiger partial charge in [-0.2, -0.15) is 0 Å². The third kappa shape index (κ3) is 9.18. The Balaban J connectivity index is 1.34. The van der Waals surface area contributed by atoms with Crippen molar-refractivity contribution < 1.29 is 33.6 Å². The van der Waals surface area contributed by atoms with Gasteiger partial charge in [-0.05, 0) is 60.2 Å². The molecule has 0 radical (unpaired) electrons. The van der Waals surface area contributed by atoms with E-state index in [4.69, 9.17) is 24.1 Å². The lowest BCUT2D eigenvalue weighted by Crippen LogP contribution is -2.43. The topological polar surface area (TPSA) is 120 Å². The summed E-state index contributed by atoms with van der Waals surface area (Å²) >= 11 is 0. The highest BCUT2D eigenvalue weighted by Crippen LogP contribution is 2.32. The molecule has 3 atom stereocenters. The van der Waals surface area contributed by atoms with Crippen molar-refractivity contribution in [2.75, 3.05) is 13.2 Å². The van der Waals surface area contributed by atoms with E-state index >= 15 is 0 Å². The number of nitrogens with one attached hydrogen (secondary N) is 1. The minimum Gasteiger partial charge on any atom is -0.459 e. The number of aromatic nitrogens is 2. The molecule has 1 aliphatic rings. The number of benzene rings is 3. The second-order valence-electron chi connectivity index (χ2n) is 12.0. The molecule has 9 heteroatoms. The van der Waals surface area contributed by atoms with E-state index in [-0.39, 0.29) is 25.6 Å². The van der Waals surface area contributed by atoms with Gasteiger partial charge in [-0.25, -0.2) is 9.59 Å². The van der Waals surface area contributed by atoms with Crippen LogP contribution in [0.15, 0.2) is 84.9 Å². The molecule has 0 bridgehead atoms. The quantitative estimate of drug-likeness (QED) is 0.154. The molecule has 5 rings (SSSR count). The third-order valence-electron chi connectivity index (χ3n) is 8.04. The fourth-order valence-electron chi connectivity index (χ4n) is 5.57. The number of hydrogen-bond donors (Lipinski definition) is 2. The summed E-state index contributed by atoms with van der Waals surface area (Å²) in [7, 11) is 0. The predicted octanol–water partition coefficient (Wildman–Crippen LogP) is 6.79. The Hall–Kier alpha value is -4.73. The molecule has 1 aromatic heterocycles. The second-order valence-corrected chi connectivity index (χ2v) is 12.0. The smallest absolute Gasteiger partial charge is 0.338 e. The molecule has 0 spiro atoms. The maximum absolute atomic E-state index is 13.0. The molecule has 1 fully saturated rings. The van der Waals surface area contributed by atoms with Gasteiger partial charge in [-0.3, -0.25) is 5.10 Å². The summed E-state index contributed by atoms with van der Waals surface area (Å²) in [6, 6.07) is 23.9. The lowest BCUT2D eigenvalue weighted by molar-refractivity contribution is -0.186. The summed E-state index contributed by atoms with van der Waals surface area (Å²) < 4.78 is 24.2. The number of aliphatic hydroxyl groups excluding tert-OH is 1. The van der Waals surface area contributed by atoms with Crippen LogP contribution in [0.25, 0.3) is 6.08 Å². The number of nitrogens with zero attached hydrogens (tertiary/aromatic N) is 1. The Bertz CT molecular complexity index is 1650.